The predicted octanol–water partition coefficient (Wildman–Crippen LogP) is 1.59. The molecule has 6 heteroatoms. The van der Waals surface area contributed by atoms with Gasteiger partial charge in [0.05, 0.1) is 17.5 Å². The largest absolute Gasteiger partial charge is 0.391 e. The van der Waals surface area contributed by atoms with Crippen molar-refractivity contribution in [1.82, 2.24) is 14.5 Å². The van der Waals surface area contributed by atoms with Crippen LogP contribution in [0.25, 0.3) is 11.0 Å². The Morgan fingerprint density at radius 3 is 2.91 bits per heavy atom. The molecule has 2 aromatic heterocycles. The Labute approximate surface area is 135 Å². The Hall–Kier alpha value is -1.95. The highest BCUT2D eigenvalue weighted by Crippen LogP contribution is 2.38. The Kier molecular flexibility index (Phi) is 3.56. The number of nitrogen functional groups attached to an aromatic ring is 1. The molecule has 3 atom stereocenters. The maximum absolute atomic E-state index is 10.5. The van der Waals surface area contributed by atoms with Crippen LogP contribution in [0.3, 0.4) is 0 Å². The number of aliphatic hydroxyl groups excluding tert-OH is 1. The van der Waals surface area contributed by atoms with E-state index < -0.39 is 0 Å². The smallest absolute Gasteiger partial charge is 0.152 e. The number of fused-ring (bicyclic) bond motifs is 1. The highest BCUT2D eigenvalue weighted by molar-refractivity contribution is 5.86. The molecular weight excluding hydrogens is 290 g/mol. The van der Waals surface area contributed by atoms with Crippen LogP contribution < -0.4 is 5.73 Å². The molecule has 3 N–H and O–H groups in total. The monoisotopic (exact) mass is 314 g/mol. The van der Waals surface area contributed by atoms with Crippen LogP contribution in [0.2, 0.25) is 0 Å². The molecule has 2 aliphatic carbocycles. The van der Waals surface area contributed by atoms with Gasteiger partial charge in [-0.2, -0.15) is 0 Å². The van der Waals surface area contributed by atoms with Gasteiger partial charge in [0.2, 0.25) is 0 Å². The molecule has 0 aromatic carbocycles. The summed E-state index contributed by atoms with van der Waals surface area (Å²) in [6.45, 7) is 5.17. The van der Waals surface area contributed by atoms with Crippen LogP contribution >= 0.6 is 0 Å². The summed E-state index contributed by atoms with van der Waals surface area (Å²) in [6, 6.07) is 2.64. The minimum absolute atomic E-state index is 0.0570. The number of aliphatic hydroxyl groups is 1. The van der Waals surface area contributed by atoms with E-state index in [1.54, 1.807) is 0 Å². The van der Waals surface area contributed by atoms with Crippen molar-refractivity contribution in [2.75, 3.05) is 12.3 Å². The summed E-state index contributed by atoms with van der Waals surface area (Å²) >= 11 is 0. The fourth-order valence-corrected chi connectivity index (χ4v) is 4.03. The molecule has 4 rings (SSSR count). The topological polar surface area (TPSA) is 80.0 Å². The van der Waals surface area contributed by atoms with Crippen molar-refractivity contribution in [3.05, 3.63) is 18.6 Å². The fraction of sp³-hybridized carbons (Fsp3) is 0.588. The van der Waals surface area contributed by atoms with Crippen molar-refractivity contribution in [3.8, 4) is 0 Å². The highest BCUT2D eigenvalue weighted by Gasteiger charge is 2.38. The van der Waals surface area contributed by atoms with Gasteiger partial charge < -0.3 is 15.4 Å². The molecule has 2 fully saturated rings. The van der Waals surface area contributed by atoms with E-state index in [1.807, 2.05) is 12.3 Å². The number of nitrogens with two attached hydrogens (primary N) is 1. The van der Waals surface area contributed by atoms with Crippen molar-refractivity contribution < 1.29 is 9.68 Å². The molecule has 0 bridgehead atoms. The molecule has 6 nitrogen and oxygen atoms in total. The van der Waals surface area contributed by atoms with Gasteiger partial charge in [-0.15, -0.1) is 0 Å². The van der Waals surface area contributed by atoms with Gasteiger partial charge in [0.1, 0.15) is 31.1 Å². The normalized spacial score (nSPS) is 28.1. The molecule has 3 unspecified atom stereocenters. The molecular formula is C17H24N5O+. The molecule has 0 saturated heterocycles. The van der Waals surface area contributed by atoms with E-state index in [9.17, 15) is 5.11 Å². The van der Waals surface area contributed by atoms with Crippen molar-refractivity contribution in [3.63, 3.8) is 0 Å². The van der Waals surface area contributed by atoms with Crippen molar-refractivity contribution in [2.24, 2.45) is 5.92 Å². The van der Waals surface area contributed by atoms with Crippen LogP contribution in [-0.2, 0) is 0 Å². The predicted molar refractivity (Wildman–Crippen MR) is 89.6 cm³/mol. The van der Waals surface area contributed by atoms with E-state index in [0.29, 0.717) is 17.8 Å². The third-order valence-electron chi connectivity index (χ3n) is 5.57. The zero-order chi connectivity index (χ0) is 16.0. The van der Waals surface area contributed by atoms with Crippen LogP contribution in [-0.4, -0.2) is 49.6 Å². The lowest BCUT2D eigenvalue weighted by Gasteiger charge is -2.23. The first-order chi connectivity index (χ1) is 11.1. The minimum Gasteiger partial charge on any atom is -0.391 e. The fourth-order valence-electron chi connectivity index (χ4n) is 4.03. The summed E-state index contributed by atoms with van der Waals surface area (Å²) in [4.78, 5) is 8.39. The lowest BCUT2D eigenvalue weighted by Crippen LogP contribution is -2.34. The molecule has 0 spiro atoms. The van der Waals surface area contributed by atoms with E-state index in [2.05, 4.69) is 25.8 Å². The van der Waals surface area contributed by atoms with Gasteiger partial charge in [0, 0.05) is 25.0 Å². The van der Waals surface area contributed by atoms with Crippen molar-refractivity contribution in [2.45, 2.75) is 50.3 Å². The molecule has 122 valence electrons. The second-order valence-electron chi connectivity index (χ2n) is 7.05. The number of anilines is 1. The van der Waals surface area contributed by atoms with Gasteiger partial charge in [-0.3, -0.25) is 0 Å². The maximum atomic E-state index is 10.5. The van der Waals surface area contributed by atoms with E-state index in [1.165, 1.54) is 25.6 Å². The number of rotatable bonds is 4. The molecule has 2 heterocycles. The summed E-state index contributed by atoms with van der Waals surface area (Å²) in [5, 5.41) is 11.4. The first-order valence-corrected chi connectivity index (χ1v) is 8.45. The van der Waals surface area contributed by atoms with Crippen molar-refractivity contribution in [1.29, 1.82) is 0 Å². The van der Waals surface area contributed by atoms with E-state index >= 15 is 0 Å². The molecule has 2 aromatic rings. The molecule has 2 aliphatic rings. The summed E-state index contributed by atoms with van der Waals surface area (Å²) in [6.07, 6.45) is 8.74. The Morgan fingerprint density at radius 2 is 2.17 bits per heavy atom. The van der Waals surface area contributed by atoms with E-state index in [0.717, 1.165) is 30.4 Å². The Balaban J connectivity index is 1.52. The summed E-state index contributed by atoms with van der Waals surface area (Å²) in [5.74, 6) is 0.969. The standard InChI is InChI=1S/C17H24N5O/c1-21(12-3-2-4-12)9-11-7-14(15(23)8-11)22-6-5-13-16(18)19-10-20-17(13)22/h5-6,10-12,14-15,23H,1-4,7-9H2,(H2,18,19,20)/q+1. The highest BCUT2D eigenvalue weighted by atomic mass is 16.3. The zero-order valence-electron chi connectivity index (χ0n) is 13.3. The number of nitrogens with zero attached hydrogens (tertiary/aromatic N) is 4. The van der Waals surface area contributed by atoms with E-state index in [-0.39, 0.29) is 12.1 Å². The molecule has 2 saturated carbocycles. The SMILES string of the molecule is C=[N+](CC1CC(O)C(n2ccc3c(N)ncnc32)C1)C1CCC1. The Bertz CT molecular complexity index is 736. The van der Waals surface area contributed by atoms with Crippen LogP contribution in [0.15, 0.2) is 18.6 Å². The van der Waals surface area contributed by atoms with Crippen LogP contribution in [0.5, 0.6) is 0 Å². The van der Waals surface area contributed by atoms with Crippen LogP contribution in [0.4, 0.5) is 5.82 Å². The lowest BCUT2D eigenvalue weighted by atomic mass is 9.92. The lowest BCUT2D eigenvalue weighted by molar-refractivity contribution is -0.576. The van der Waals surface area contributed by atoms with Gasteiger partial charge in [-0.05, 0) is 25.3 Å². The first kappa shape index (κ1) is 14.6. The number of aromatic nitrogens is 3. The molecule has 0 amide bonds. The second-order valence-corrected chi connectivity index (χ2v) is 7.05. The summed E-state index contributed by atoms with van der Waals surface area (Å²) in [5.41, 5.74) is 6.72. The number of hydrogen-bond acceptors (Lipinski definition) is 4. The quantitative estimate of drug-likeness (QED) is 0.663. The Morgan fingerprint density at radius 1 is 1.35 bits per heavy atom. The maximum Gasteiger partial charge on any atom is 0.152 e. The number of hydrogen-bond donors (Lipinski definition) is 2. The second kappa shape index (κ2) is 5.60. The van der Waals surface area contributed by atoms with Gasteiger partial charge >= 0.3 is 0 Å². The van der Waals surface area contributed by atoms with Gasteiger partial charge in [-0.1, -0.05) is 0 Å². The van der Waals surface area contributed by atoms with Gasteiger partial charge in [0.15, 0.2) is 6.04 Å². The average Bonchev–Trinajstić information content (AvgIpc) is 3.01. The third kappa shape index (κ3) is 2.51. The molecule has 0 aliphatic heterocycles. The first-order valence-electron chi connectivity index (χ1n) is 8.45. The van der Waals surface area contributed by atoms with Gasteiger partial charge in [0.25, 0.3) is 0 Å². The summed E-state index contributed by atoms with van der Waals surface area (Å²) < 4.78 is 4.30. The molecule has 0 radical (unpaired) electrons. The average molecular weight is 314 g/mol. The van der Waals surface area contributed by atoms with Crippen LogP contribution in [0.1, 0.15) is 38.1 Å². The third-order valence-corrected chi connectivity index (χ3v) is 5.57. The van der Waals surface area contributed by atoms with E-state index in [4.69, 9.17) is 5.73 Å². The zero-order valence-corrected chi connectivity index (χ0v) is 13.3. The van der Waals surface area contributed by atoms with Crippen molar-refractivity contribution >= 4 is 23.6 Å². The van der Waals surface area contributed by atoms with Gasteiger partial charge in [-0.25, -0.2) is 14.5 Å². The van der Waals surface area contributed by atoms with Crippen LogP contribution in [0, 0.1) is 5.92 Å². The summed E-state index contributed by atoms with van der Waals surface area (Å²) in [7, 11) is 0. The minimum atomic E-state index is -0.346. The molecule has 23 heavy (non-hydrogen) atoms.